The Labute approximate surface area is 93.5 Å². The summed E-state index contributed by atoms with van der Waals surface area (Å²) < 4.78 is 0. The molecule has 0 radical (unpaired) electrons. The monoisotopic (exact) mass is 224 g/mol. The molecule has 0 unspecified atom stereocenters. The number of aromatic amines is 1. The van der Waals surface area contributed by atoms with E-state index >= 15 is 0 Å². The van der Waals surface area contributed by atoms with E-state index in [0.717, 1.165) is 0 Å². The number of hydrogen-bond acceptors (Lipinski definition) is 3. The molecule has 5 heteroatoms. The van der Waals surface area contributed by atoms with E-state index in [4.69, 9.17) is 5.11 Å². The molecule has 1 rings (SSSR count). The minimum absolute atomic E-state index is 0.0349. The molecule has 1 heterocycles. The first-order valence-corrected chi connectivity index (χ1v) is 4.96. The van der Waals surface area contributed by atoms with Gasteiger partial charge in [0.25, 0.3) is 11.5 Å². The Kier molecular flexibility index (Phi) is 3.07. The zero-order valence-electron chi connectivity index (χ0n) is 9.84. The predicted octanol–water partition coefficient (Wildman–Crippen LogP) is 0.917. The van der Waals surface area contributed by atoms with Crippen LogP contribution in [0, 0.1) is 6.92 Å². The lowest BCUT2D eigenvalue weighted by atomic mass is 10.1. The van der Waals surface area contributed by atoms with Crippen molar-refractivity contribution in [1.82, 2.24) is 10.3 Å². The molecule has 1 aromatic heterocycles. The predicted molar refractivity (Wildman–Crippen MR) is 60.7 cm³/mol. The largest absolute Gasteiger partial charge is 0.495 e. The molecule has 0 spiro atoms. The van der Waals surface area contributed by atoms with Crippen LogP contribution in [0.2, 0.25) is 0 Å². The van der Waals surface area contributed by atoms with Gasteiger partial charge in [0.1, 0.15) is 5.56 Å². The lowest BCUT2D eigenvalue weighted by Gasteiger charge is -2.20. The first-order chi connectivity index (χ1) is 7.20. The summed E-state index contributed by atoms with van der Waals surface area (Å²) >= 11 is 0. The number of rotatable bonds is 1. The van der Waals surface area contributed by atoms with Gasteiger partial charge < -0.3 is 10.4 Å². The Bertz CT molecular complexity index is 469. The average Bonchev–Trinajstić information content (AvgIpc) is 1.96. The molecule has 3 N–H and O–H groups in total. The highest BCUT2D eigenvalue weighted by Gasteiger charge is 2.19. The van der Waals surface area contributed by atoms with Crippen molar-refractivity contribution in [2.24, 2.45) is 0 Å². The third kappa shape index (κ3) is 2.85. The number of aryl methyl sites for hydroxylation is 1. The van der Waals surface area contributed by atoms with Gasteiger partial charge in [-0.2, -0.15) is 0 Å². The van der Waals surface area contributed by atoms with E-state index in [1.54, 1.807) is 6.92 Å². The van der Waals surface area contributed by atoms with Crippen molar-refractivity contribution in [2.45, 2.75) is 33.2 Å². The summed E-state index contributed by atoms with van der Waals surface area (Å²) in [4.78, 5) is 25.5. The van der Waals surface area contributed by atoms with Crippen molar-refractivity contribution >= 4 is 5.91 Å². The number of pyridine rings is 1. The van der Waals surface area contributed by atoms with Crippen molar-refractivity contribution in [3.8, 4) is 5.88 Å². The first-order valence-electron chi connectivity index (χ1n) is 4.96. The summed E-state index contributed by atoms with van der Waals surface area (Å²) in [5, 5.41) is 11.8. The van der Waals surface area contributed by atoms with E-state index in [0.29, 0.717) is 5.56 Å². The standard InChI is InChI=1S/C11H16N2O3/c1-6-5-7(14)12-9(15)8(6)10(16)13-11(2,3)4/h5H,1-4H3,(H,13,16)(H2,12,14,15). The zero-order valence-corrected chi connectivity index (χ0v) is 9.84. The fraction of sp³-hybridized carbons (Fsp3) is 0.455. The second-order valence-electron chi connectivity index (χ2n) is 4.75. The topological polar surface area (TPSA) is 82.2 Å². The number of carbonyl (C=O) groups excluding carboxylic acids is 1. The molecular weight excluding hydrogens is 208 g/mol. The lowest BCUT2D eigenvalue weighted by Crippen LogP contribution is -2.42. The fourth-order valence-corrected chi connectivity index (χ4v) is 1.36. The summed E-state index contributed by atoms with van der Waals surface area (Å²) in [5.74, 6) is -0.680. The normalized spacial score (nSPS) is 11.2. The maximum atomic E-state index is 11.8. The van der Waals surface area contributed by atoms with Crippen molar-refractivity contribution < 1.29 is 9.90 Å². The van der Waals surface area contributed by atoms with Crippen LogP contribution in [0.15, 0.2) is 10.9 Å². The van der Waals surface area contributed by atoms with E-state index < -0.39 is 17.0 Å². The number of aromatic nitrogens is 1. The first kappa shape index (κ1) is 12.3. The molecule has 0 aliphatic carbocycles. The summed E-state index contributed by atoms with van der Waals surface area (Å²) in [5.41, 5.74) is -0.511. The molecule has 0 aliphatic rings. The third-order valence-corrected chi connectivity index (χ3v) is 1.93. The molecular formula is C11H16N2O3. The van der Waals surface area contributed by atoms with Gasteiger partial charge in [0.05, 0.1) is 0 Å². The quantitative estimate of drug-likeness (QED) is 0.663. The molecule has 5 nitrogen and oxygen atoms in total. The van der Waals surface area contributed by atoms with E-state index in [-0.39, 0.29) is 11.4 Å². The highest BCUT2D eigenvalue weighted by atomic mass is 16.3. The Hall–Kier alpha value is -1.78. The van der Waals surface area contributed by atoms with Crippen LogP contribution in [0.3, 0.4) is 0 Å². The zero-order chi connectivity index (χ0) is 12.5. The molecule has 0 saturated carbocycles. The highest BCUT2D eigenvalue weighted by Crippen LogP contribution is 2.09. The number of carbonyl (C=O) groups is 1. The van der Waals surface area contributed by atoms with Crippen molar-refractivity contribution in [3.05, 3.63) is 27.5 Å². The lowest BCUT2D eigenvalue weighted by molar-refractivity contribution is 0.0917. The Morgan fingerprint density at radius 1 is 1.44 bits per heavy atom. The Balaban J connectivity index is 3.15. The number of H-pyrrole nitrogens is 1. The molecule has 0 atom stereocenters. The Morgan fingerprint density at radius 3 is 2.44 bits per heavy atom. The Morgan fingerprint density at radius 2 is 2.00 bits per heavy atom. The molecule has 0 fully saturated rings. The van der Waals surface area contributed by atoms with Crippen LogP contribution in [-0.4, -0.2) is 21.5 Å². The minimum atomic E-state index is -0.584. The van der Waals surface area contributed by atoms with Gasteiger partial charge in [-0.1, -0.05) is 0 Å². The van der Waals surface area contributed by atoms with Gasteiger partial charge in [-0.25, -0.2) is 0 Å². The van der Waals surface area contributed by atoms with Crippen LogP contribution < -0.4 is 10.9 Å². The molecule has 88 valence electrons. The second-order valence-corrected chi connectivity index (χ2v) is 4.75. The van der Waals surface area contributed by atoms with Crippen molar-refractivity contribution in [1.29, 1.82) is 0 Å². The number of nitrogens with one attached hydrogen (secondary N) is 2. The van der Waals surface area contributed by atoms with Crippen LogP contribution in [-0.2, 0) is 0 Å². The van der Waals surface area contributed by atoms with Crippen LogP contribution in [0.4, 0.5) is 0 Å². The van der Waals surface area contributed by atoms with Crippen molar-refractivity contribution in [2.75, 3.05) is 0 Å². The molecule has 0 aliphatic heterocycles. The van der Waals surface area contributed by atoms with Gasteiger partial charge >= 0.3 is 0 Å². The van der Waals surface area contributed by atoms with Gasteiger partial charge in [0, 0.05) is 11.6 Å². The van der Waals surface area contributed by atoms with E-state index in [1.807, 2.05) is 20.8 Å². The molecule has 1 aromatic rings. The summed E-state index contributed by atoms with van der Waals surface area (Å²) in [6.45, 7) is 7.09. The van der Waals surface area contributed by atoms with E-state index in [2.05, 4.69) is 10.3 Å². The number of hydrogen-bond donors (Lipinski definition) is 3. The van der Waals surface area contributed by atoms with Crippen LogP contribution in [0.1, 0.15) is 36.7 Å². The fourth-order valence-electron chi connectivity index (χ4n) is 1.36. The van der Waals surface area contributed by atoms with Gasteiger partial charge in [-0.05, 0) is 33.3 Å². The maximum Gasteiger partial charge on any atom is 0.263 e. The van der Waals surface area contributed by atoms with Crippen LogP contribution in [0.25, 0.3) is 0 Å². The van der Waals surface area contributed by atoms with Gasteiger partial charge in [-0.15, -0.1) is 0 Å². The second kappa shape index (κ2) is 4.00. The summed E-state index contributed by atoms with van der Waals surface area (Å²) in [6.07, 6.45) is 0. The highest BCUT2D eigenvalue weighted by molar-refractivity contribution is 5.95. The third-order valence-electron chi connectivity index (χ3n) is 1.93. The number of amides is 1. The van der Waals surface area contributed by atoms with Crippen molar-refractivity contribution in [3.63, 3.8) is 0 Å². The van der Waals surface area contributed by atoms with Crippen LogP contribution in [0.5, 0.6) is 5.88 Å². The van der Waals surface area contributed by atoms with Gasteiger partial charge in [0.15, 0.2) is 5.88 Å². The van der Waals surface area contributed by atoms with Gasteiger partial charge in [0.2, 0.25) is 0 Å². The SMILES string of the molecule is Cc1cc(O)[nH]c(=O)c1C(=O)NC(C)(C)C. The maximum absolute atomic E-state index is 11.8. The molecule has 1 amide bonds. The smallest absolute Gasteiger partial charge is 0.263 e. The van der Waals surface area contributed by atoms with E-state index in [1.165, 1.54) is 6.07 Å². The molecule has 0 bridgehead atoms. The van der Waals surface area contributed by atoms with Gasteiger partial charge in [-0.3, -0.25) is 14.6 Å². The van der Waals surface area contributed by atoms with Crippen LogP contribution >= 0.6 is 0 Å². The summed E-state index contributed by atoms with van der Waals surface area (Å²) in [7, 11) is 0. The summed E-state index contributed by atoms with van der Waals surface area (Å²) in [6, 6.07) is 1.35. The minimum Gasteiger partial charge on any atom is -0.495 e. The molecule has 0 saturated heterocycles. The van der Waals surface area contributed by atoms with E-state index in [9.17, 15) is 9.59 Å². The number of aromatic hydroxyl groups is 1. The molecule has 16 heavy (non-hydrogen) atoms. The average molecular weight is 224 g/mol. The molecule has 0 aromatic carbocycles.